The van der Waals surface area contributed by atoms with Gasteiger partial charge in [-0.1, -0.05) is 12.1 Å². The van der Waals surface area contributed by atoms with Crippen molar-refractivity contribution in [2.45, 2.75) is 25.4 Å². The van der Waals surface area contributed by atoms with E-state index in [9.17, 15) is 10.1 Å². The molecule has 0 amide bonds. The molecule has 30 heavy (non-hydrogen) atoms. The van der Waals surface area contributed by atoms with Gasteiger partial charge in [0.2, 0.25) is 5.82 Å². The molecule has 0 spiro atoms. The van der Waals surface area contributed by atoms with E-state index in [-0.39, 0.29) is 17.5 Å². The molecule has 1 aromatic carbocycles. The van der Waals surface area contributed by atoms with Crippen molar-refractivity contribution in [3.05, 3.63) is 63.3 Å². The van der Waals surface area contributed by atoms with Crippen molar-refractivity contribution in [1.82, 2.24) is 24.6 Å². The van der Waals surface area contributed by atoms with Gasteiger partial charge in [-0.25, -0.2) is 14.6 Å². The van der Waals surface area contributed by atoms with Crippen LogP contribution < -0.4 is 11.1 Å². The van der Waals surface area contributed by atoms with Gasteiger partial charge in [0.1, 0.15) is 18.3 Å². The smallest absolute Gasteiger partial charge is 0.335 e. The summed E-state index contributed by atoms with van der Waals surface area (Å²) in [5.74, 6) is -0.0857. The quantitative estimate of drug-likeness (QED) is 0.413. The molecule has 2 aromatic heterocycles. The normalized spacial score (nSPS) is 15.2. The molecular weight excluding hydrogens is 452 g/mol. The van der Waals surface area contributed by atoms with Crippen LogP contribution in [-0.2, 0) is 6.54 Å². The molecule has 0 unspecified atom stereocenters. The van der Waals surface area contributed by atoms with E-state index in [1.165, 1.54) is 18.1 Å². The average Bonchev–Trinajstić information content (AvgIpc) is 3.27. The number of nitrogens with zero attached hydrogens (tertiary/aromatic N) is 6. The van der Waals surface area contributed by atoms with E-state index >= 15 is 0 Å². The van der Waals surface area contributed by atoms with Crippen LogP contribution >= 0.6 is 15.9 Å². The minimum absolute atomic E-state index is 0.0857. The summed E-state index contributed by atoms with van der Waals surface area (Å²) in [6.45, 7) is 2.65. The number of hydrogen-bond donors (Lipinski definition) is 2. The Kier molecular flexibility index (Phi) is 5.91. The van der Waals surface area contributed by atoms with Gasteiger partial charge < -0.3 is 11.1 Å². The van der Waals surface area contributed by atoms with Crippen LogP contribution in [0.4, 0.5) is 17.2 Å². The molecule has 3 aromatic rings. The van der Waals surface area contributed by atoms with E-state index < -0.39 is 4.92 Å². The van der Waals surface area contributed by atoms with Crippen molar-refractivity contribution in [3.8, 4) is 5.69 Å². The van der Waals surface area contributed by atoms with Crippen molar-refractivity contribution in [2.24, 2.45) is 0 Å². The number of nitrogens with two attached hydrogens (primary N) is 1. The lowest BCUT2D eigenvalue weighted by molar-refractivity contribution is -0.383. The SMILES string of the molecule is Nc1ncc(Br)c(NC2CCN(Cc3ccc(-n4cncn4)cc3)CC2)c1[N+](=O)[O-]. The molecule has 11 heteroatoms. The molecule has 10 nitrogen and oxygen atoms in total. The number of benzene rings is 1. The molecule has 1 saturated heterocycles. The van der Waals surface area contributed by atoms with Gasteiger partial charge in [0.25, 0.3) is 0 Å². The van der Waals surface area contributed by atoms with Gasteiger partial charge in [-0.3, -0.25) is 15.0 Å². The molecule has 0 atom stereocenters. The van der Waals surface area contributed by atoms with Crippen molar-refractivity contribution >= 4 is 33.1 Å². The first-order valence-electron chi connectivity index (χ1n) is 9.52. The zero-order valence-corrected chi connectivity index (χ0v) is 17.7. The zero-order valence-electron chi connectivity index (χ0n) is 16.1. The maximum Gasteiger partial charge on any atom is 0.335 e. The van der Waals surface area contributed by atoms with Crippen LogP contribution in [0.3, 0.4) is 0 Å². The summed E-state index contributed by atoms with van der Waals surface area (Å²) in [4.78, 5) is 21.1. The molecule has 0 saturated carbocycles. The van der Waals surface area contributed by atoms with Crippen LogP contribution in [0.2, 0.25) is 0 Å². The van der Waals surface area contributed by atoms with Gasteiger partial charge in [-0.2, -0.15) is 5.10 Å². The van der Waals surface area contributed by atoms with Crippen LogP contribution in [0, 0.1) is 10.1 Å². The number of likely N-dealkylation sites (tertiary alicyclic amines) is 1. The number of halogens is 1. The van der Waals surface area contributed by atoms with E-state index in [0.717, 1.165) is 38.2 Å². The first-order valence-corrected chi connectivity index (χ1v) is 10.3. The number of hydrogen-bond acceptors (Lipinski definition) is 8. The number of anilines is 2. The Morgan fingerprint density at radius 1 is 1.27 bits per heavy atom. The van der Waals surface area contributed by atoms with Gasteiger partial charge in [-0.15, -0.1) is 0 Å². The van der Waals surface area contributed by atoms with Gasteiger partial charge in [0.15, 0.2) is 0 Å². The van der Waals surface area contributed by atoms with Crippen molar-refractivity contribution in [3.63, 3.8) is 0 Å². The first kappa shape index (κ1) is 20.2. The fourth-order valence-electron chi connectivity index (χ4n) is 3.61. The molecule has 4 rings (SSSR count). The predicted molar refractivity (Wildman–Crippen MR) is 116 cm³/mol. The average molecular weight is 473 g/mol. The Morgan fingerprint density at radius 3 is 2.63 bits per heavy atom. The van der Waals surface area contributed by atoms with Crippen LogP contribution in [0.15, 0.2) is 47.6 Å². The molecule has 156 valence electrons. The summed E-state index contributed by atoms with van der Waals surface area (Å²) in [6, 6.07) is 8.39. The zero-order chi connectivity index (χ0) is 21.1. The van der Waals surface area contributed by atoms with E-state index in [0.29, 0.717) is 10.2 Å². The Hall–Kier alpha value is -3.05. The van der Waals surface area contributed by atoms with E-state index in [4.69, 9.17) is 5.73 Å². The van der Waals surface area contributed by atoms with Gasteiger partial charge in [0, 0.05) is 31.9 Å². The monoisotopic (exact) mass is 472 g/mol. The van der Waals surface area contributed by atoms with Gasteiger partial charge in [-0.05, 0) is 46.5 Å². The second-order valence-electron chi connectivity index (χ2n) is 7.17. The number of nitrogen functional groups attached to an aromatic ring is 1. The summed E-state index contributed by atoms with van der Waals surface area (Å²) in [5.41, 5.74) is 8.13. The first-order chi connectivity index (χ1) is 14.5. The molecule has 0 radical (unpaired) electrons. The second kappa shape index (κ2) is 8.76. The third kappa shape index (κ3) is 4.41. The maximum atomic E-state index is 11.4. The highest BCUT2D eigenvalue weighted by molar-refractivity contribution is 9.10. The molecule has 1 aliphatic heterocycles. The fourth-order valence-corrected chi connectivity index (χ4v) is 4.01. The standard InChI is InChI=1S/C19H21BrN8O2/c20-16-9-23-19(21)18(28(29)30)17(16)25-14-5-7-26(8-6-14)10-13-1-3-15(4-2-13)27-12-22-11-24-27/h1-4,9,11-12,14H,5-8,10H2,(H3,21,23,25). The van der Waals surface area contributed by atoms with Gasteiger partial charge in [0.05, 0.1) is 15.1 Å². The summed E-state index contributed by atoms with van der Waals surface area (Å²) in [5, 5.41) is 18.8. The fraction of sp³-hybridized carbons (Fsp3) is 0.316. The lowest BCUT2D eigenvalue weighted by atomic mass is 10.0. The maximum absolute atomic E-state index is 11.4. The third-order valence-corrected chi connectivity index (χ3v) is 5.78. The minimum atomic E-state index is -0.493. The van der Waals surface area contributed by atoms with Crippen LogP contribution in [0.5, 0.6) is 0 Å². The van der Waals surface area contributed by atoms with E-state index in [2.05, 4.69) is 53.3 Å². The van der Waals surface area contributed by atoms with E-state index in [1.807, 2.05) is 12.1 Å². The summed E-state index contributed by atoms with van der Waals surface area (Å²) < 4.78 is 2.27. The number of nitro groups is 1. The topological polar surface area (TPSA) is 128 Å². The highest BCUT2D eigenvalue weighted by Crippen LogP contribution is 2.36. The number of pyridine rings is 1. The third-order valence-electron chi connectivity index (χ3n) is 5.18. The van der Waals surface area contributed by atoms with Crippen LogP contribution in [-0.4, -0.2) is 48.7 Å². The van der Waals surface area contributed by atoms with Crippen LogP contribution in [0.1, 0.15) is 18.4 Å². The van der Waals surface area contributed by atoms with Crippen molar-refractivity contribution in [2.75, 3.05) is 24.1 Å². The van der Waals surface area contributed by atoms with E-state index in [1.54, 1.807) is 11.0 Å². The van der Waals surface area contributed by atoms with Crippen molar-refractivity contribution in [1.29, 1.82) is 0 Å². The molecule has 0 bridgehead atoms. The number of rotatable bonds is 6. The second-order valence-corrected chi connectivity index (χ2v) is 8.03. The van der Waals surface area contributed by atoms with Crippen LogP contribution in [0.25, 0.3) is 5.69 Å². The predicted octanol–water partition coefficient (Wildman–Crippen LogP) is 2.99. The lowest BCUT2D eigenvalue weighted by Crippen LogP contribution is -2.38. The molecular formula is C19H21BrN8O2. The summed E-state index contributed by atoms with van der Waals surface area (Å²) in [7, 11) is 0. The Morgan fingerprint density at radius 2 is 2.00 bits per heavy atom. The number of aromatic nitrogens is 4. The molecule has 3 heterocycles. The molecule has 1 aliphatic rings. The number of piperidine rings is 1. The lowest BCUT2D eigenvalue weighted by Gasteiger charge is -2.33. The molecule has 1 fully saturated rings. The minimum Gasteiger partial charge on any atom is -0.378 e. The highest BCUT2D eigenvalue weighted by atomic mass is 79.9. The number of nitrogens with one attached hydrogen (secondary N) is 1. The highest BCUT2D eigenvalue weighted by Gasteiger charge is 2.26. The Labute approximate surface area is 181 Å². The summed E-state index contributed by atoms with van der Waals surface area (Å²) in [6.07, 6.45) is 6.43. The summed E-state index contributed by atoms with van der Waals surface area (Å²) >= 11 is 3.35. The van der Waals surface area contributed by atoms with Crippen molar-refractivity contribution < 1.29 is 4.92 Å². The molecule has 0 aliphatic carbocycles. The van der Waals surface area contributed by atoms with Gasteiger partial charge >= 0.3 is 5.69 Å². The Balaban J connectivity index is 1.35. The largest absolute Gasteiger partial charge is 0.378 e. The Bertz CT molecular complexity index is 1020. The molecule has 3 N–H and O–H groups in total.